The Balaban J connectivity index is 1.95. The normalized spacial score (nSPS) is 20.4. The zero-order chi connectivity index (χ0) is 24.9. The predicted molar refractivity (Wildman–Crippen MR) is 140 cm³/mol. The number of ether oxygens (including phenoxy) is 1. The van der Waals surface area contributed by atoms with Crippen LogP contribution < -0.4 is 4.74 Å². The molecular weight excluding hydrogens is 468 g/mol. The summed E-state index contributed by atoms with van der Waals surface area (Å²) in [6.07, 6.45) is 12.7. The van der Waals surface area contributed by atoms with Crippen molar-refractivity contribution in [2.45, 2.75) is 27.2 Å². The van der Waals surface area contributed by atoms with E-state index in [-0.39, 0.29) is 11.7 Å². The maximum absolute atomic E-state index is 11.6. The number of hydrogen-bond donors (Lipinski definition) is 0. The summed E-state index contributed by atoms with van der Waals surface area (Å²) in [5.74, 6) is 0.667. The van der Waals surface area contributed by atoms with E-state index in [1.54, 1.807) is 12.1 Å². The Labute approximate surface area is 207 Å². The van der Waals surface area contributed by atoms with Crippen LogP contribution in [0.25, 0.3) is 5.57 Å². The lowest BCUT2D eigenvalue weighted by Crippen LogP contribution is -2.34. The highest BCUT2D eigenvalue weighted by Gasteiger charge is 2.37. The molecule has 2 aromatic carbocycles. The van der Waals surface area contributed by atoms with Gasteiger partial charge in [-0.05, 0) is 60.6 Å². The third kappa shape index (κ3) is 6.08. The summed E-state index contributed by atoms with van der Waals surface area (Å²) < 4.78 is 29.5. The van der Waals surface area contributed by atoms with E-state index in [2.05, 4.69) is 44.2 Å². The molecule has 0 radical (unpaired) electrons. The average Bonchev–Trinajstić information content (AvgIpc) is 2.78. The molecule has 2 atom stereocenters. The van der Waals surface area contributed by atoms with Crippen LogP contribution in [0.15, 0.2) is 66.8 Å². The molecule has 34 heavy (non-hydrogen) atoms. The lowest BCUT2D eigenvalue weighted by molar-refractivity contribution is 0.112. The SMILES string of the molecule is Cc1cc(OCC2(/C=C/CCS(C)(=O)=O)C=CC=C(c3ccccc3C)C2C)c(Cl)cc1C=O. The number of carbonyl (C=O) groups is 1. The Hall–Kier alpha value is -2.63. The second kappa shape index (κ2) is 10.7. The van der Waals surface area contributed by atoms with E-state index in [1.807, 2.05) is 31.2 Å². The number of aryl methyl sites for hydroxylation is 2. The van der Waals surface area contributed by atoms with Crippen LogP contribution in [-0.2, 0) is 9.84 Å². The van der Waals surface area contributed by atoms with Crippen LogP contribution in [0.5, 0.6) is 5.75 Å². The van der Waals surface area contributed by atoms with Crippen molar-refractivity contribution in [3.8, 4) is 5.75 Å². The Morgan fingerprint density at radius 2 is 1.88 bits per heavy atom. The highest BCUT2D eigenvalue weighted by molar-refractivity contribution is 7.90. The van der Waals surface area contributed by atoms with Gasteiger partial charge in [-0.2, -0.15) is 0 Å². The summed E-state index contributed by atoms with van der Waals surface area (Å²) in [6, 6.07) is 11.7. The first-order valence-corrected chi connectivity index (χ1v) is 13.7. The molecule has 0 N–H and O–H groups in total. The predicted octanol–water partition coefficient (Wildman–Crippen LogP) is 6.41. The molecule has 180 valence electrons. The third-order valence-corrected chi connectivity index (χ3v) is 7.69. The van der Waals surface area contributed by atoms with Crippen molar-refractivity contribution in [2.24, 2.45) is 11.3 Å². The van der Waals surface area contributed by atoms with Gasteiger partial charge in [0.25, 0.3) is 0 Å². The summed E-state index contributed by atoms with van der Waals surface area (Å²) in [6.45, 7) is 6.41. The lowest BCUT2D eigenvalue weighted by Gasteiger charge is -2.38. The van der Waals surface area contributed by atoms with E-state index in [1.165, 1.54) is 23.0 Å². The van der Waals surface area contributed by atoms with Crippen LogP contribution >= 0.6 is 11.6 Å². The first-order chi connectivity index (χ1) is 16.1. The Kier molecular flexibility index (Phi) is 8.21. The van der Waals surface area contributed by atoms with Crippen LogP contribution in [0.1, 0.15) is 40.4 Å². The van der Waals surface area contributed by atoms with Gasteiger partial charge >= 0.3 is 0 Å². The van der Waals surface area contributed by atoms with Crippen LogP contribution in [0.2, 0.25) is 5.02 Å². The van der Waals surface area contributed by atoms with Gasteiger partial charge in [0, 0.05) is 17.2 Å². The first-order valence-electron chi connectivity index (χ1n) is 11.3. The van der Waals surface area contributed by atoms with E-state index < -0.39 is 15.3 Å². The molecule has 2 unspecified atom stereocenters. The third-order valence-electron chi connectivity index (χ3n) is 6.42. The quantitative estimate of drug-likeness (QED) is 0.296. The van der Waals surface area contributed by atoms with Crippen molar-refractivity contribution in [1.29, 1.82) is 0 Å². The molecule has 0 saturated heterocycles. The molecule has 0 aliphatic heterocycles. The average molecular weight is 499 g/mol. The van der Waals surface area contributed by atoms with Gasteiger partial charge in [0.2, 0.25) is 0 Å². The molecule has 0 amide bonds. The van der Waals surface area contributed by atoms with Gasteiger partial charge in [0.15, 0.2) is 0 Å². The second-order valence-corrected chi connectivity index (χ2v) is 11.7. The summed E-state index contributed by atoms with van der Waals surface area (Å²) in [7, 11) is -3.05. The minimum Gasteiger partial charge on any atom is -0.491 e. The molecular formula is C28H31ClO4S. The van der Waals surface area contributed by atoms with E-state index in [4.69, 9.17) is 16.3 Å². The fourth-order valence-corrected chi connectivity index (χ4v) is 5.04. The van der Waals surface area contributed by atoms with Crippen LogP contribution in [-0.4, -0.2) is 33.3 Å². The standard InChI is InChI=1S/C28H31ClO4S/c1-20-10-5-6-11-24(20)25-12-9-14-28(22(25)3,13-7-8-15-34(4,31)32)19-33-27-16-21(2)23(18-30)17-26(27)29/h5-7,9-14,16-18,22H,8,15,19H2,1-4H3/b13-7+. The van der Waals surface area contributed by atoms with Gasteiger partial charge in [-0.25, -0.2) is 8.42 Å². The Bertz CT molecular complexity index is 1260. The van der Waals surface area contributed by atoms with Gasteiger partial charge in [-0.1, -0.05) is 73.2 Å². The molecule has 4 nitrogen and oxygen atoms in total. The van der Waals surface area contributed by atoms with Crippen LogP contribution in [0.4, 0.5) is 0 Å². The van der Waals surface area contributed by atoms with Gasteiger partial charge in [0.1, 0.15) is 28.5 Å². The van der Waals surface area contributed by atoms with Crippen LogP contribution in [0, 0.1) is 25.2 Å². The molecule has 3 rings (SSSR count). The summed E-state index contributed by atoms with van der Waals surface area (Å²) in [5.41, 5.74) is 4.37. The molecule has 1 aliphatic carbocycles. The summed E-state index contributed by atoms with van der Waals surface area (Å²) in [4.78, 5) is 11.2. The van der Waals surface area contributed by atoms with Crippen molar-refractivity contribution >= 4 is 33.3 Å². The number of allylic oxidation sites excluding steroid dienone is 4. The second-order valence-electron chi connectivity index (χ2n) is 9.00. The molecule has 0 aromatic heterocycles. The smallest absolute Gasteiger partial charge is 0.150 e. The van der Waals surface area contributed by atoms with E-state index in [0.717, 1.165) is 11.8 Å². The largest absolute Gasteiger partial charge is 0.491 e. The maximum atomic E-state index is 11.6. The van der Waals surface area contributed by atoms with E-state index >= 15 is 0 Å². The van der Waals surface area contributed by atoms with Gasteiger partial charge < -0.3 is 4.74 Å². The Morgan fingerprint density at radius 1 is 1.15 bits per heavy atom. The minimum atomic E-state index is -3.05. The summed E-state index contributed by atoms with van der Waals surface area (Å²) >= 11 is 6.40. The van der Waals surface area contributed by atoms with Crippen molar-refractivity contribution in [1.82, 2.24) is 0 Å². The fraction of sp³-hybridized carbons (Fsp3) is 0.321. The molecule has 0 fully saturated rings. The van der Waals surface area contributed by atoms with Gasteiger partial charge in [0.05, 0.1) is 10.8 Å². The topological polar surface area (TPSA) is 60.4 Å². The number of sulfone groups is 1. The minimum absolute atomic E-state index is 0.0576. The van der Waals surface area contributed by atoms with Crippen molar-refractivity contribution in [3.05, 3.63) is 94.1 Å². The zero-order valence-electron chi connectivity index (χ0n) is 20.0. The number of aldehydes is 1. The van der Waals surface area contributed by atoms with Crippen molar-refractivity contribution < 1.29 is 17.9 Å². The van der Waals surface area contributed by atoms with Gasteiger partial charge in [-0.15, -0.1) is 0 Å². The highest BCUT2D eigenvalue weighted by Crippen LogP contribution is 2.44. The zero-order valence-corrected chi connectivity index (χ0v) is 21.6. The van der Waals surface area contributed by atoms with Crippen molar-refractivity contribution in [2.75, 3.05) is 18.6 Å². The van der Waals surface area contributed by atoms with Gasteiger partial charge in [-0.3, -0.25) is 4.79 Å². The molecule has 0 heterocycles. The molecule has 1 aliphatic rings. The number of carbonyl (C=O) groups excluding carboxylic acids is 1. The molecule has 2 aromatic rings. The summed E-state index contributed by atoms with van der Waals surface area (Å²) in [5, 5.41) is 0.381. The molecule has 0 spiro atoms. The van der Waals surface area contributed by atoms with Crippen molar-refractivity contribution in [3.63, 3.8) is 0 Å². The lowest BCUT2D eigenvalue weighted by atomic mass is 9.68. The maximum Gasteiger partial charge on any atom is 0.150 e. The monoisotopic (exact) mass is 498 g/mol. The highest BCUT2D eigenvalue weighted by atomic mass is 35.5. The first kappa shape index (κ1) is 26.0. The molecule has 6 heteroatoms. The van der Waals surface area contributed by atoms with E-state index in [9.17, 15) is 13.2 Å². The fourth-order valence-electron chi connectivity index (χ4n) is 4.25. The van der Waals surface area contributed by atoms with E-state index in [0.29, 0.717) is 29.4 Å². The Morgan fingerprint density at radius 3 is 2.56 bits per heavy atom. The number of hydrogen-bond acceptors (Lipinski definition) is 4. The molecule has 0 bridgehead atoms. The number of benzene rings is 2. The van der Waals surface area contributed by atoms with Crippen LogP contribution in [0.3, 0.4) is 0 Å². The number of rotatable bonds is 9. The molecule has 0 saturated carbocycles. The number of halogens is 1.